The molecule has 0 aromatic heterocycles. The second-order valence-electron chi connectivity index (χ2n) is 4.83. The number of hydrogen-bond acceptors (Lipinski definition) is 3. The van der Waals surface area contributed by atoms with Crippen molar-refractivity contribution in [1.29, 1.82) is 0 Å². The van der Waals surface area contributed by atoms with Crippen LogP contribution in [0.1, 0.15) is 43.4 Å². The Kier molecular flexibility index (Phi) is 4.15. The van der Waals surface area contributed by atoms with Crippen LogP contribution in [0.5, 0.6) is 0 Å². The van der Waals surface area contributed by atoms with Gasteiger partial charge in [-0.15, -0.1) is 0 Å². The SMILES string of the molecule is CC(C)c1ccc(C(N)CC2OCCO2)cc1. The van der Waals surface area contributed by atoms with Gasteiger partial charge in [0.1, 0.15) is 0 Å². The summed E-state index contributed by atoms with van der Waals surface area (Å²) in [5.41, 5.74) is 8.63. The van der Waals surface area contributed by atoms with Crippen molar-refractivity contribution in [2.24, 2.45) is 5.73 Å². The molecule has 17 heavy (non-hydrogen) atoms. The normalized spacial score (nSPS) is 18.8. The highest BCUT2D eigenvalue weighted by atomic mass is 16.7. The molecule has 94 valence electrons. The summed E-state index contributed by atoms with van der Waals surface area (Å²) in [4.78, 5) is 0. The molecular formula is C14H21NO2. The van der Waals surface area contributed by atoms with E-state index in [-0.39, 0.29) is 12.3 Å². The fourth-order valence-corrected chi connectivity index (χ4v) is 2.01. The molecule has 0 bridgehead atoms. The predicted octanol–water partition coefficient (Wildman–Crippen LogP) is 2.57. The van der Waals surface area contributed by atoms with Gasteiger partial charge in [0.25, 0.3) is 0 Å². The maximum Gasteiger partial charge on any atom is 0.159 e. The molecule has 3 nitrogen and oxygen atoms in total. The standard InChI is InChI=1S/C14H21NO2/c1-10(2)11-3-5-12(6-4-11)13(15)9-14-16-7-8-17-14/h3-6,10,13-14H,7-9,15H2,1-2H3. The van der Waals surface area contributed by atoms with Crippen LogP contribution in [0.2, 0.25) is 0 Å². The van der Waals surface area contributed by atoms with Gasteiger partial charge in [-0.1, -0.05) is 38.1 Å². The third kappa shape index (κ3) is 3.28. The van der Waals surface area contributed by atoms with Crippen LogP contribution in [-0.4, -0.2) is 19.5 Å². The van der Waals surface area contributed by atoms with Crippen LogP contribution in [-0.2, 0) is 9.47 Å². The van der Waals surface area contributed by atoms with Crippen LogP contribution in [0, 0.1) is 0 Å². The minimum Gasteiger partial charge on any atom is -0.350 e. The summed E-state index contributed by atoms with van der Waals surface area (Å²) in [7, 11) is 0. The summed E-state index contributed by atoms with van der Waals surface area (Å²) in [6, 6.07) is 8.50. The number of benzene rings is 1. The molecule has 1 aliphatic heterocycles. The topological polar surface area (TPSA) is 44.5 Å². The maximum atomic E-state index is 6.14. The molecule has 1 fully saturated rings. The highest BCUT2D eigenvalue weighted by molar-refractivity contribution is 5.26. The number of ether oxygens (including phenoxy) is 2. The predicted molar refractivity (Wildman–Crippen MR) is 67.8 cm³/mol. The zero-order chi connectivity index (χ0) is 12.3. The molecule has 0 aliphatic carbocycles. The first-order valence-electron chi connectivity index (χ1n) is 6.25. The Morgan fingerprint density at radius 2 is 1.65 bits per heavy atom. The van der Waals surface area contributed by atoms with Crippen LogP contribution in [0.4, 0.5) is 0 Å². The van der Waals surface area contributed by atoms with Gasteiger partial charge in [0.05, 0.1) is 13.2 Å². The molecule has 2 rings (SSSR count). The summed E-state index contributed by atoms with van der Waals surface area (Å²) in [6.45, 7) is 5.75. The van der Waals surface area contributed by atoms with Crippen LogP contribution >= 0.6 is 0 Å². The number of rotatable bonds is 4. The van der Waals surface area contributed by atoms with Crippen molar-refractivity contribution in [3.05, 3.63) is 35.4 Å². The van der Waals surface area contributed by atoms with Crippen molar-refractivity contribution in [2.45, 2.75) is 38.5 Å². The largest absolute Gasteiger partial charge is 0.350 e. The van der Waals surface area contributed by atoms with Crippen molar-refractivity contribution in [2.75, 3.05) is 13.2 Å². The van der Waals surface area contributed by atoms with Crippen molar-refractivity contribution in [3.8, 4) is 0 Å². The first-order chi connectivity index (χ1) is 8.16. The first kappa shape index (κ1) is 12.6. The van der Waals surface area contributed by atoms with Gasteiger partial charge < -0.3 is 15.2 Å². The van der Waals surface area contributed by atoms with E-state index in [1.54, 1.807) is 0 Å². The zero-order valence-electron chi connectivity index (χ0n) is 10.6. The molecule has 1 aromatic carbocycles. The molecule has 3 heteroatoms. The highest BCUT2D eigenvalue weighted by Crippen LogP contribution is 2.22. The lowest BCUT2D eigenvalue weighted by Crippen LogP contribution is -2.19. The van der Waals surface area contributed by atoms with Crippen LogP contribution < -0.4 is 5.73 Å². The molecule has 0 spiro atoms. The van der Waals surface area contributed by atoms with Gasteiger partial charge in [0, 0.05) is 12.5 Å². The van der Waals surface area contributed by atoms with E-state index in [4.69, 9.17) is 15.2 Å². The Hall–Kier alpha value is -0.900. The summed E-state index contributed by atoms with van der Waals surface area (Å²) < 4.78 is 10.8. The van der Waals surface area contributed by atoms with Gasteiger partial charge in [-0.25, -0.2) is 0 Å². The van der Waals surface area contributed by atoms with Gasteiger partial charge >= 0.3 is 0 Å². The van der Waals surface area contributed by atoms with E-state index in [0.29, 0.717) is 19.1 Å². The zero-order valence-corrected chi connectivity index (χ0v) is 10.6. The van der Waals surface area contributed by atoms with E-state index in [9.17, 15) is 0 Å². The molecule has 1 heterocycles. The lowest BCUT2D eigenvalue weighted by Gasteiger charge is -2.16. The molecule has 1 atom stereocenters. The van der Waals surface area contributed by atoms with Gasteiger partial charge in [-0.05, 0) is 17.0 Å². The maximum absolute atomic E-state index is 6.14. The molecule has 1 saturated heterocycles. The lowest BCUT2D eigenvalue weighted by atomic mass is 9.98. The Labute approximate surface area is 103 Å². The summed E-state index contributed by atoms with van der Waals surface area (Å²) in [6.07, 6.45) is 0.593. The third-order valence-electron chi connectivity index (χ3n) is 3.17. The van der Waals surface area contributed by atoms with Crippen molar-refractivity contribution in [1.82, 2.24) is 0 Å². The van der Waals surface area contributed by atoms with E-state index in [1.807, 2.05) is 0 Å². The van der Waals surface area contributed by atoms with Crippen LogP contribution in [0.3, 0.4) is 0 Å². The molecule has 0 amide bonds. The van der Waals surface area contributed by atoms with E-state index >= 15 is 0 Å². The van der Waals surface area contributed by atoms with E-state index in [0.717, 1.165) is 12.0 Å². The second kappa shape index (κ2) is 5.63. The van der Waals surface area contributed by atoms with Crippen molar-refractivity contribution in [3.63, 3.8) is 0 Å². The average molecular weight is 235 g/mol. The summed E-state index contributed by atoms with van der Waals surface area (Å²) in [5, 5.41) is 0. The number of nitrogens with two attached hydrogens (primary N) is 1. The molecule has 2 N–H and O–H groups in total. The summed E-state index contributed by atoms with van der Waals surface area (Å²) >= 11 is 0. The Balaban J connectivity index is 1.96. The van der Waals surface area contributed by atoms with E-state index in [2.05, 4.69) is 38.1 Å². The molecule has 1 unspecified atom stereocenters. The van der Waals surface area contributed by atoms with E-state index < -0.39 is 0 Å². The molecule has 1 aromatic rings. The van der Waals surface area contributed by atoms with Crippen LogP contribution in [0.15, 0.2) is 24.3 Å². The third-order valence-corrected chi connectivity index (χ3v) is 3.17. The van der Waals surface area contributed by atoms with Gasteiger partial charge in [0.2, 0.25) is 0 Å². The average Bonchev–Trinajstić information content (AvgIpc) is 2.82. The minimum absolute atomic E-state index is 0.0145. The van der Waals surface area contributed by atoms with Gasteiger partial charge in [-0.2, -0.15) is 0 Å². The Morgan fingerprint density at radius 1 is 1.12 bits per heavy atom. The molecule has 0 saturated carbocycles. The second-order valence-corrected chi connectivity index (χ2v) is 4.83. The minimum atomic E-state index is -0.130. The Bertz CT molecular complexity index is 342. The molecular weight excluding hydrogens is 214 g/mol. The number of hydrogen-bond donors (Lipinski definition) is 1. The summed E-state index contributed by atoms with van der Waals surface area (Å²) in [5.74, 6) is 0.557. The Morgan fingerprint density at radius 3 is 2.18 bits per heavy atom. The van der Waals surface area contributed by atoms with Crippen molar-refractivity contribution < 1.29 is 9.47 Å². The van der Waals surface area contributed by atoms with E-state index in [1.165, 1.54) is 5.56 Å². The van der Waals surface area contributed by atoms with Crippen LogP contribution in [0.25, 0.3) is 0 Å². The monoisotopic (exact) mass is 235 g/mol. The smallest absolute Gasteiger partial charge is 0.159 e. The lowest BCUT2D eigenvalue weighted by molar-refractivity contribution is -0.0507. The fraction of sp³-hybridized carbons (Fsp3) is 0.571. The fourth-order valence-electron chi connectivity index (χ4n) is 2.01. The highest BCUT2D eigenvalue weighted by Gasteiger charge is 2.20. The van der Waals surface area contributed by atoms with Gasteiger partial charge in [0.15, 0.2) is 6.29 Å². The van der Waals surface area contributed by atoms with Crippen molar-refractivity contribution >= 4 is 0 Å². The first-order valence-corrected chi connectivity index (χ1v) is 6.25. The molecule has 0 radical (unpaired) electrons. The quantitative estimate of drug-likeness (QED) is 0.872. The molecule has 1 aliphatic rings. The van der Waals surface area contributed by atoms with Gasteiger partial charge in [-0.3, -0.25) is 0 Å².